The Balaban J connectivity index is 5.52. The van der Waals surface area contributed by atoms with Crippen LogP contribution in [-0.2, 0) is 4.79 Å². The Labute approximate surface area is 81.0 Å². The molecule has 8 heteroatoms. The third-order valence-electron chi connectivity index (χ3n) is 1.81. The van der Waals surface area contributed by atoms with Gasteiger partial charge in [-0.25, -0.2) is 0 Å². The van der Waals surface area contributed by atoms with Crippen molar-refractivity contribution in [2.45, 2.75) is 31.2 Å². The number of nitrogens with zero attached hydrogens (tertiary/aromatic N) is 1. The van der Waals surface area contributed by atoms with Crippen LogP contribution >= 0.6 is 0 Å². The summed E-state index contributed by atoms with van der Waals surface area (Å²) in [4.78, 5) is 12.0. The Morgan fingerprint density at radius 3 is 1.67 bits per heavy atom. The summed E-state index contributed by atoms with van der Waals surface area (Å²) in [6.07, 6.45) is -12.8. The summed E-state index contributed by atoms with van der Waals surface area (Å²) in [5.41, 5.74) is -4.19. The Hall–Kier alpha value is -1.08. The second kappa shape index (κ2) is 4.19. The van der Waals surface area contributed by atoms with Crippen molar-refractivity contribution in [2.24, 2.45) is 4.99 Å². The maximum absolute atomic E-state index is 12.2. The molecule has 0 aromatic heterocycles. The van der Waals surface area contributed by atoms with Crippen LogP contribution < -0.4 is 0 Å². The minimum atomic E-state index is -5.58. The highest BCUT2D eigenvalue weighted by Crippen LogP contribution is 2.47. The van der Waals surface area contributed by atoms with E-state index < -0.39 is 24.3 Å². The molecule has 0 rings (SSSR count). The Morgan fingerprint density at radius 1 is 1.07 bits per heavy atom. The molecule has 0 amide bonds. The molecule has 88 valence electrons. The van der Waals surface area contributed by atoms with Crippen molar-refractivity contribution in [3.8, 4) is 0 Å². The summed E-state index contributed by atoms with van der Waals surface area (Å²) < 4.78 is 73.5. The van der Waals surface area contributed by atoms with Crippen molar-refractivity contribution >= 4 is 12.5 Å². The fraction of sp³-hybridized carbons (Fsp3) is 0.714. The molecule has 0 aromatic rings. The first kappa shape index (κ1) is 13.9. The maximum atomic E-state index is 12.2. The van der Waals surface area contributed by atoms with Gasteiger partial charge in [0.1, 0.15) is 0 Å². The van der Waals surface area contributed by atoms with Crippen molar-refractivity contribution in [3.05, 3.63) is 0 Å². The number of hydrogen-bond acceptors (Lipinski definition) is 2. The molecule has 0 N–H and O–H groups in total. The lowest BCUT2D eigenvalue weighted by atomic mass is 9.95. The zero-order chi connectivity index (χ0) is 12.3. The first-order valence-electron chi connectivity index (χ1n) is 3.75. The molecular formula is C7H7F6NO. The van der Waals surface area contributed by atoms with Crippen molar-refractivity contribution in [2.75, 3.05) is 0 Å². The van der Waals surface area contributed by atoms with Gasteiger partial charge in [-0.05, 0) is 6.42 Å². The number of aldehydes is 1. The van der Waals surface area contributed by atoms with E-state index in [4.69, 9.17) is 0 Å². The molecule has 0 spiro atoms. The lowest BCUT2D eigenvalue weighted by molar-refractivity contribution is -0.295. The molecule has 0 aromatic carbocycles. The van der Waals surface area contributed by atoms with Crippen LogP contribution in [0.1, 0.15) is 13.3 Å². The molecule has 0 radical (unpaired) electrons. The fourth-order valence-electron chi connectivity index (χ4n) is 0.957. The monoisotopic (exact) mass is 235 g/mol. The average molecular weight is 235 g/mol. The summed E-state index contributed by atoms with van der Waals surface area (Å²) in [5, 5.41) is 0. The molecule has 0 unspecified atom stereocenters. The van der Waals surface area contributed by atoms with Gasteiger partial charge in [-0.1, -0.05) is 6.92 Å². The largest absolute Gasteiger partial charge is 0.422 e. The number of alkyl halides is 6. The summed E-state index contributed by atoms with van der Waals surface area (Å²) in [6.45, 7) is 0.698. The molecule has 0 saturated carbocycles. The Kier molecular flexibility index (Phi) is 3.89. The summed E-state index contributed by atoms with van der Waals surface area (Å²) in [5.74, 6) is 0. The zero-order valence-corrected chi connectivity index (χ0v) is 7.49. The minimum Gasteiger partial charge on any atom is -0.297 e. The van der Waals surface area contributed by atoms with Gasteiger partial charge in [-0.15, -0.1) is 0 Å². The van der Waals surface area contributed by atoms with E-state index in [2.05, 4.69) is 4.99 Å². The van der Waals surface area contributed by atoms with E-state index in [1.54, 1.807) is 0 Å². The van der Waals surface area contributed by atoms with Crippen LogP contribution in [-0.4, -0.2) is 30.4 Å². The molecule has 0 fully saturated rings. The molecule has 0 aliphatic heterocycles. The van der Waals surface area contributed by atoms with E-state index in [9.17, 15) is 31.1 Å². The normalized spacial score (nSPS) is 14.6. The van der Waals surface area contributed by atoms with Crippen LogP contribution in [0.4, 0.5) is 26.3 Å². The summed E-state index contributed by atoms with van der Waals surface area (Å²) in [6, 6.07) is 0. The standard InChI is InChI=1S/C7H7F6NO/c1-2-5(6(8,9)10,7(11,12)13)14-3-4-15/h3-4H,2H2,1H3. The summed E-state index contributed by atoms with van der Waals surface area (Å²) >= 11 is 0. The van der Waals surface area contributed by atoms with Gasteiger partial charge in [0.2, 0.25) is 0 Å². The van der Waals surface area contributed by atoms with Crippen LogP contribution in [0.5, 0.6) is 0 Å². The van der Waals surface area contributed by atoms with E-state index in [1.165, 1.54) is 0 Å². The smallest absolute Gasteiger partial charge is 0.297 e. The van der Waals surface area contributed by atoms with Crippen LogP contribution in [0.3, 0.4) is 0 Å². The van der Waals surface area contributed by atoms with Crippen molar-refractivity contribution in [1.29, 1.82) is 0 Å². The maximum Gasteiger partial charge on any atom is 0.422 e. The summed E-state index contributed by atoms with van der Waals surface area (Å²) in [7, 11) is 0. The fourth-order valence-corrected chi connectivity index (χ4v) is 0.957. The third kappa shape index (κ3) is 2.48. The van der Waals surface area contributed by atoms with Crippen LogP contribution in [0, 0.1) is 0 Å². The van der Waals surface area contributed by atoms with Gasteiger partial charge in [0.25, 0.3) is 5.54 Å². The Morgan fingerprint density at radius 2 is 1.47 bits per heavy atom. The molecular weight excluding hydrogens is 228 g/mol. The number of halogens is 6. The van der Waals surface area contributed by atoms with Gasteiger partial charge in [0.05, 0.1) is 6.21 Å². The zero-order valence-electron chi connectivity index (χ0n) is 7.49. The average Bonchev–Trinajstić information content (AvgIpc) is 2.01. The van der Waals surface area contributed by atoms with Gasteiger partial charge in [-0.2, -0.15) is 26.3 Å². The van der Waals surface area contributed by atoms with E-state index >= 15 is 0 Å². The predicted molar refractivity (Wildman–Crippen MR) is 39.7 cm³/mol. The van der Waals surface area contributed by atoms with Crippen molar-refractivity contribution < 1.29 is 31.1 Å². The molecule has 0 aliphatic rings. The number of carbonyl (C=O) groups excluding carboxylic acids is 1. The van der Waals surface area contributed by atoms with Crippen LogP contribution in [0.15, 0.2) is 4.99 Å². The second-order valence-corrected chi connectivity index (χ2v) is 2.62. The first-order valence-corrected chi connectivity index (χ1v) is 3.75. The van der Waals surface area contributed by atoms with Crippen LogP contribution in [0.2, 0.25) is 0 Å². The van der Waals surface area contributed by atoms with E-state index in [1.807, 2.05) is 0 Å². The van der Waals surface area contributed by atoms with Crippen LogP contribution in [0.25, 0.3) is 0 Å². The van der Waals surface area contributed by atoms with Gasteiger partial charge >= 0.3 is 12.4 Å². The number of carbonyl (C=O) groups is 1. The third-order valence-corrected chi connectivity index (χ3v) is 1.81. The molecule has 0 heterocycles. The number of aliphatic imine (C=N–C) groups is 1. The van der Waals surface area contributed by atoms with Gasteiger partial charge in [0.15, 0.2) is 6.29 Å². The molecule has 2 nitrogen and oxygen atoms in total. The SMILES string of the molecule is CCC(N=CC=O)(C(F)(F)F)C(F)(F)F. The predicted octanol–water partition coefficient (Wildman–Crippen LogP) is 2.53. The topological polar surface area (TPSA) is 29.4 Å². The number of hydrogen-bond donors (Lipinski definition) is 0. The van der Waals surface area contributed by atoms with Gasteiger partial charge in [0, 0.05) is 0 Å². The van der Waals surface area contributed by atoms with E-state index in [-0.39, 0.29) is 12.5 Å². The molecule has 0 saturated heterocycles. The molecule has 0 atom stereocenters. The highest BCUT2D eigenvalue weighted by atomic mass is 19.4. The molecule has 15 heavy (non-hydrogen) atoms. The van der Waals surface area contributed by atoms with Crippen molar-refractivity contribution in [3.63, 3.8) is 0 Å². The number of rotatable bonds is 3. The Bertz CT molecular complexity index is 239. The second-order valence-electron chi connectivity index (χ2n) is 2.62. The molecule has 0 bridgehead atoms. The van der Waals surface area contributed by atoms with Gasteiger partial charge < -0.3 is 0 Å². The van der Waals surface area contributed by atoms with Crippen molar-refractivity contribution in [1.82, 2.24) is 0 Å². The van der Waals surface area contributed by atoms with E-state index in [0.717, 1.165) is 0 Å². The quantitative estimate of drug-likeness (QED) is 0.420. The minimum absolute atomic E-state index is 0.0372. The highest BCUT2D eigenvalue weighted by molar-refractivity contribution is 6.13. The highest BCUT2D eigenvalue weighted by Gasteiger charge is 2.69. The molecule has 0 aliphatic carbocycles. The first-order chi connectivity index (χ1) is 6.62. The van der Waals surface area contributed by atoms with Gasteiger partial charge in [-0.3, -0.25) is 9.79 Å². The van der Waals surface area contributed by atoms with E-state index in [0.29, 0.717) is 6.92 Å². The lowest BCUT2D eigenvalue weighted by Gasteiger charge is -2.32. The lowest BCUT2D eigenvalue weighted by Crippen LogP contribution is -2.55.